The summed E-state index contributed by atoms with van der Waals surface area (Å²) in [6.07, 6.45) is 4.25. The molecular weight excluding hydrogens is 176 g/mol. The fraction of sp³-hybridized carbons (Fsp3) is 0.818. The van der Waals surface area contributed by atoms with Crippen LogP contribution in [0.15, 0.2) is 12.7 Å². The third-order valence-electron chi connectivity index (χ3n) is 2.74. The Kier molecular flexibility index (Phi) is 5.15. The van der Waals surface area contributed by atoms with Crippen LogP contribution in [0.5, 0.6) is 0 Å². The minimum Gasteiger partial charge on any atom is -0.379 e. The Bertz CT molecular complexity index is 173. The lowest BCUT2D eigenvalue weighted by molar-refractivity contribution is 0.173. The number of nitrogens with zero attached hydrogens (tertiary/aromatic N) is 1. The lowest BCUT2D eigenvalue weighted by Crippen LogP contribution is -2.37. The minimum absolute atomic E-state index is 0.233. The van der Waals surface area contributed by atoms with Gasteiger partial charge in [0.25, 0.3) is 0 Å². The van der Waals surface area contributed by atoms with E-state index in [0.717, 1.165) is 32.7 Å². The first-order chi connectivity index (χ1) is 6.74. The van der Waals surface area contributed by atoms with Gasteiger partial charge in [-0.2, -0.15) is 0 Å². The lowest BCUT2D eigenvalue weighted by Gasteiger charge is -2.21. The molecule has 3 nitrogen and oxygen atoms in total. The molecule has 0 bridgehead atoms. The summed E-state index contributed by atoms with van der Waals surface area (Å²) in [5.41, 5.74) is 5.91. The van der Waals surface area contributed by atoms with Crippen LogP contribution >= 0.6 is 0 Å². The van der Waals surface area contributed by atoms with Crippen molar-refractivity contribution in [2.45, 2.75) is 18.9 Å². The summed E-state index contributed by atoms with van der Waals surface area (Å²) in [7, 11) is 2.15. The molecule has 82 valence electrons. The van der Waals surface area contributed by atoms with Gasteiger partial charge < -0.3 is 15.4 Å². The fourth-order valence-corrected chi connectivity index (χ4v) is 1.80. The number of hydrogen-bond acceptors (Lipinski definition) is 3. The predicted molar refractivity (Wildman–Crippen MR) is 59.2 cm³/mol. The molecule has 1 fully saturated rings. The van der Waals surface area contributed by atoms with E-state index in [-0.39, 0.29) is 6.04 Å². The summed E-state index contributed by atoms with van der Waals surface area (Å²) < 4.78 is 5.33. The van der Waals surface area contributed by atoms with Crippen LogP contribution in [0.2, 0.25) is 0 Å². The van der Waals surface area contributed by atoms with Gasteiger partial charge in [0.1, 0.15) is 0 Å². The molecule has 0 aliphatic carbocycles. The molecule has 0 aromatic rings. The van der Waals surface area contributed by atoms with Gasteiger partial charge in [-0.1, -0.05) is 6.08 Å². The topological polar surface area (TPSA) is 38.5 Å². The Labute approximate surface area is 86.9 Å². The van der Waals surface area contributed by atoms with Gasteiger partial charge in [0.2, 0.25) is 0 Å². The molecule has 0 radical (unpaired) electrons. The van der Waals surface area contributed by atoms with Crippen molar-refractivity contribution in [3.8, 4) is 0 Å². The molecule has 2 atom stereocenters. The van der Waals surface area contributed by atoms with Crippen LogP contribution in [-0.4, -0.2) is 44.3 Å². The summed E-state index contributed by atoms with van der Waals surface area (Å²) in [6.45, 7) is 7.44. The summed E-state index contributed by atoms with van der Waals surface area (Å²) in [4.78, 5) is 2.34. The van der Waals surface area contributed by atoms with E-state index < -0.39 is 0 Å². The molecule has 2 unspecified atom stereocenters. The molecule has 0 saturated carbocycles. The number of nitrogens with two attached hydrogens (primary N) is 1. The van der Waals surface area contributed by atoms with E-state index in [0.29, 0.717) is 5.92 Å². The maximum Gasteiger partial charge on any atom is 0.0621 e. The minimum atomic E-state index is 0.233. The maximum atomic E-state index is 5.91. The highest BCUT2D eigenvalue weighted by molar-refractivity contribution is 4.80. The van der Waals surface area contributed by atoms with Gasteiger partial charge in [-0.25, -0.2) is 0 Å². The highest BCUT2D eigenvalue weighted by atomic mass is 16.5. The summed E-state index contributed by atoms with van der Waals surface area (Å²) in [5, 5.41) is 0. The average molecular weight is 198 g/mol. The summed E-state index contributed by atoms with van der Waals surface area (Å²) >= 11 is 0. The van der Waals surface area contributed by atoms with Crippen molar-refractivity contribution in [2.24, 2.45) is 11.7 Å². The Morgan fingerprint density at radius 3 is 2.93 bits per heavy atom. The van der Waals surface area contributed by atoms with Crippen molar-refractivity contribution in [1.82, 2.24) is 4.90 Å². The molecular formula is C11H22N2O. The average Bonchev–Trinajstić information content (AvgIpc) is 2.52. The second-order valence-electron chi connectivity index (χ2n) is 4.15. The van der Waals surface area contributed by atoms with Crippen LogP contribution in [0.3, 0.4) is 0 Å². The predicted octanol–water partition coefficient (Wildman–Crippen LogP) is 0.858. The van der Waals surface area contributed by atoms with Crippen LogP contribution < -0.4 is 5.73 Å². The van der Waals surface area contributed by atoms with Crippen LogP contribution in [0.1, 0.15) is 12.8 Å². The van der Waals surface area contributed by atoms with Crippen molar-refractivity contribution in [3.05, 3.63) is 12.7 Å². The second kappa shape index (κ2) is 6.17. The van der Waals surface area contributed by atoms with Crippen LogP contribution in [0, 0.1) is 5.92 Å². The van der Waals surface area contributed by atoms with Gasteiger partial charge in [0.05, 0.1) is 13.2 Å². The molecule has 1 aliphatic rings. The number of rotatable bonds is 6. The van der Waals surface area contributed by atoms with Gasteiger partial charge in [-0.3, -0.25) is 0 Å². The van der Waals surface area contributed by atoms with Crippen LogP contribution in [0.4, 0.5) is 0 Å². The van der Waals surface area contributed by atoms with Gasteiger partial charge in [-0.05, 0) is 26.4 Å². The van der Waals surface area contributed by atoms with Gasteiger partial charge in [-0.15, -0.1) is 6.58 Å². The second-order valence-corrected chi connectivity index (χ2v) is 4.15. The molecule has 2 N–H and O–H groups in total. The molecule has 0 spiro atoms. The number of allylic oxidation sites excluding steroid dienone is 1. The van der Waals surface area contributed by atoms with Crippen molar-refractivity contribution in [3.63, 3.8) is 0 Å². The molecule has 14 heavy (non-hydrogen) atoms. The Balaban J connectivity index is 2.12. The lowest BCUT2D eigenvalue weighted by atomic mass is 10.0. The largest absolute Gasteiger partial charge is 0.379 e. The molecule has 0 amide bonds. The quantitative estimate of drug-likeness (QED) is 0.508. The number of hydrogen-bond donors (Lipinski definition) is 1. The van der Waals surface area contributed by atoms with Gasteiger partial charge in [0.15, 0.2) is 0 Å². The molecule has 3 heteroatoms. The Hall–Kier alpha value is -0.380. The zero-order valence-electron chi connectivity index (χ0n) is 9.11. The van der Waals surface area contributed by atoms with E-state index in [1.807, 2.05) is 6.08 Å². The van der Waals surface area contributed by atoms with Crippen molar-refractivity contribution in [2.75, 3.05) is 33.4 Å². The highest BCUT2D eigenvalue weighted by Gasteiger charge is 2.25. The molecule has 0 aromatic carbocycles. The molecule has 0 aromatic heterocycles. The number of unbranched alkanes of at least 4 members (excludes halogenated alkanes) is 1. The third kappa shape index (κ3) is 3.78. The van der Waals surface area contributed by atoms with Crippen molar-refractivity contribution >= 4 is 0 Å². The van der Waals surface area contributed by atoms with Crippen molar-refractivity contribution in [1.29, 1.82) is 0 Å². The monoisotopic (exact) mass is 198 g/mol. The molecule has 1 heterocycles. The molecule has 1 rings (SSSR count). The van der Waals surface area contributed by atoms with Crippen molar-refractivity contribution < 1.29 is 4.74 Å². The van der Waals surface area contributed by atoms with E-state index in [9.17, 15) is 0 Å². The van der Waals surface area contributed by atoms with E-state index in [2.05, 4.69) is 18.5 Å². The summed E-state index contributed by atoms with van der Waals surface area (Å²) in [5.74, 6) is 0.517. The normalized spacial score (nSPS) is 27.1. The first-order valence-electron chi connectivity index (χ1n) is 5.36. The smallest absolute Gasteiger partial charge is 0.0621 e. The van der Waals surface area contributed by atoms with E-state index in [4.69, 9.17) is 10.5 Å². The van der Waals surface area contributed by atoms with E-state index in [1.165, 1.54) is 6.42 Å². The first-order valence-corrected chi connectivity index (χ1v) is 5.36. The first kappa shape index (κ1) is 11.7. The van der Waals surface area contributed by atoms with E-state index >= 15 is 0 Å². The van der Waals surface area contributed by atoms with E-state index in [1.54, 1.807) is 0 Å². The number of ether oxygens (including phenoxy) is 1. The zero-order valence-corrected chi connectivity index (χ0v) is 9.11. The van der Waals surface area contributed by atoms with Crippen LogP contribution in [-0.2, 0) is 4.74 Å². The fourth-order valence-electron chi connectivity index (χ4n) is 1.80. The third-order valence-corrected chi connectivity index (χ3v) is 2.74. The van der Waals surface area contributed by atoms with Gasteiger partial charge in [0, 0.05) is 18.5 Å². The molecule has 1 saturated heterocycles. The summed E-state index contributed by atoms with van der Waals surface area (Å²) in [6, 6.07) is 0.233. The Morgan fingerprint density at radius 2 is 2.36 bits per heavy atom. The van der Waals surface area contributed by atoms with Gasteiger partial charge >= 0.3 is 0 Å². The maximum absolute atomic E-state index is 5.91. The van der Waals surface area contributed by atoms with Crippen LogP contribution in [0.25, 0.3) is 0 Å². The zero-order chi connectivity index (χ0) is 10.4. The SMILES string of the molecule is C=CCCCN(C)CC1COCC1N. The standard InChI is InChI=1S/C11H22N2O/c1-3-4-5-6-13(2)7-10-8-14-9-11(10)12/h3,10-11H,1,4-9,12H2,2H3. The molecule has 1 aliphatic heterocycles. The Morgan fingerprint density at radius 1 is 1.57 bits per heavy atom. The highest BCUT2D eigenvalue weighted by Crippen LogP contribution is 2.12.